The van der Waals surface area contributed by atoms with Gasteiger partial charge in [0.1, 0.15) is 12.4 Å². The smallest absolute Gasteiger partial charge is 0.165 e. The van der Waals surface area contributed by atoms with Gasteiger partial charge in [-0.1, -0.05) is 18.2 Å². The molecule has 0 unspecified atom stereocenters. The first-order valence-electron chi connectivity index (χ1n) is 5.91. The molecule has 1 atom stereocenters. The van der Waals surface area contributed by atoms with Crippen LogP contribution in [-0.4, -0.2) is 5.11 Å². The van der Waals surface area contributed by atoms with Gasteiger partial charge in [0.25, 0.3) is 0 Å². The Bertz CT molecular complexity index is 568. The minimum atomic E-state index is -0.730. The predicted octanol–water partition coefficient (Wildman–Crippen LogP) is 3.60. The van der Waals surface area contributed by atoms with Crippen LogP contribution in [0.25, 0.3) is 0 Å². The normalized spacial score (nSPS) is 12.2. The van der Waals surface area contributed by atoms with Gasteiger partial charge in [0.15, 0.2) is 11.6 Å². The molecule has 0 bridgehead atoms. The summed E-state index contributed by atoms with van der Waals surface area (Å²) in [7, 11) is 0. The molecule has 2 aromatic carbocycles. The molecule has 19 heavy (non-hydrogen) atoms. The number of halogens is 2. The average molecular weight is 264 g/mol. The molecular formula is C15H14F2O2. The van der Waals surface area contributed by atoms with E-state index in [1.165, 1.54) is 24.3 Å². The number of hydrogen-bond donors (Lipinski definition) is 1. The third-order valence-electron chi connectivity index (χ3n) is 2.72. The maximum absolute atomic E-state index is 13.7. The van der Waals surface area contributed by atoms with Crippen LogP contribution in [0.4, 0.5) is 8.78 Å². The molecule has 0 saturated carbocycles. The highest BCUT2D eigenvalue weighted by Gasteiger charge is 2.08. The molecule has 0 aliphatic heterocycles. The van der Waals surface area contributed by atoms with Crippen molar-refractivity contribution < 1.29 is 18.6 Å². The van der Waals surface area contributed by atoms with E-state index in [0.717, 1.165) is 0 Å². The Labute approximate surface area is 110 Å². The van der Waals surface area contributed by atoms with Gasteiger partial charge in [0.05, 0.1) is 6.10 Å². The van der Waals surface area contributed by atoms with Crippen LogP contribution in [0.2, 0.25) is 0 Å². The molecule has 1 N–H and O–H groups in total. The van der Waals surface area contributed by atoms with Gasteiger partial charge >= 0.3 is 0 Å². The highest BCUT2D eigenvalue weighted by atomic mass is 19.1. The highest BCUT2D eigenvalue weighted by Crippen LogP contribution is 2.22. The maximum Gasteiger partial charge on any atom is 0.165 e. The summed E-state index contributed by atoms with van der Waals surface area (Å²) in [4.78, 5) is 0. The van der Waals surface area contributed by atoms with E-state index in [2.05, 4.69) is 0 Å². The molecule has 100 valence electrons. The lowest BCUT2D eigenvalue weighted by Gasteiger charge is -2.10. The summed E-state index contributed by atoms with van der Waals surface area (Å²) in [6.45, 7) is 1.64. The van der Waals surface area contributed by atoms with E-state index in [1.54, 1.807) is 25.1 Å². The Kier molecular flexibility index (Phi) is 4.12. The largest absolute Gasteiger partial charge is 0.486 e. The Morgan fingerprint density at radius 2 is 1.95 bits per heavy atom. The first-order chi connectivity index (χ1) is 9.06. The summed E-state index contributed by atoms with van der Waals surface area (Å²) in [6.07, 6.45) is -0.730. The van der Waals surface area contributed by atoms with Crippen molar-refractivity contribution in [1.82, 2.24) is 0 Å². The number of ether oxygens (including phenoxy) is 1. The van der Waals surface area contributed by atoms with Crippen LogP contribution in [0.5, 0.6) is 5.75 Å². The van der Waals surface area contributed by atoms with Crippen molar-refractivity contribution in [3.8, 4) is 5.75 Å². The number of aliphatic hydroxyl groups excluding tert-OH is 1. The van der Waals surface area contributed by atoms with E-state index in [1.807, 2.05) is 0 Å². The molecule has 2 aromatic rings. The lowest BCUT2D eigenvalue weighted by Crippen LogP contribution is -1.99. The monoisotopic (exact) mass is 264 g/mol. The second kappa shape index (κ2) is 5.80. The van der Waals surface area contributed by atoms with Gasteiger partial charge in [-0.2, -0.15) is 0 Å². The van der Waals surface area contributed by atoms with E-state index in [9.17, 15) is 13.9 Å². The molecule has 0 radical (unpaired) electrons. The zero-order valence-electron chi connectivity index (χ0n) is 10.4. The van der Waals surface area contributed by atoms with Gasteiger partial charge in [-0.3, -0.25) is 0 Å². The van der Waals surface area contributed by atoms with Gasteiger partial charge in [-0.15, -0.1) is 0 Å². The summed E-state index contributed by atoms with van der Waals surface area (Å²) in [5.41, 5.74) is 1.11. The Morgan fingerprint density at radius 3 is 2.58 bits per heavy atom. The quantitative estimate of drug-likeness (QED) is 0.914. The average Bonchev–Trinajstić information content (AvgIpc) is 2.37. The number of benzene rings is 2. The van der Waals surface area contributed by atoms with Gasteiger partial charge in [0, 0.05) is 0 Å². The molecule has 0 amide bonds. The van der Waals surface area contributed by atoms with Crippen LogP contribution in [0.3, 0.4) is 0 Å². The van der Waals surface area contributed by atoms with E-state index in [4.69, 9.17) is 4.74 Å². The highest BCUT2D eigenvalue weighted by molar-refractivity contribution is 5.30. The van der Waals surface area contributed by atoms with Gasteiger partial charge in [0.2, 0.25) is 0 Å². The van der Waals surface area contributed by atoms with Crippen molar-refractivity contribution in [2.45, 2.75) is 19.6 Å². The van der Waals surface area contributed by atoms with Crippen LogP contribution in [0.1, 0.15) is 24.2 Å². The van der Waals surface area contributed by atoms with E-state index >= 15 is 0 Å². The van der Waals surface area contributed by atoms with Crippen molar-refractivity contribution >= 4 is 0 Å². The fourth-order valence-corrected chi connectivity index (χ4v) is 1.68. The van der Waals surface area contributed by atoms with E-state index < -0.39 is 11.9 Å². The minimum absolute atomic E-state index is 0.0775. The fraction of sp³-hybridized carbons (Fsp3) is 0.200. The Morgan fingerprint density at radius 1 is 1.16 bits per heavy atom. The SMILES string of the molecule is C[C@@H](O)c1ccc(OCc2cccc(F)c2)c(F)c1. The van der Waals surface area contributed by atoms with E-state index in [-0.39, 0.29) is 18.2 Å². The van der Waals surface area contributed by atoms with Crippen molar-refractivity contribution in [3.05, 3.63) is 65.2 Å². The zero-order chi connectivity index (χ0) is 13.8. The zero-order valence-corrected chi connectivity index (χ0v) is 10.4. The summed E-state index contributed by atoms with van der Waals surface area (Å²) in [5, 5.41) is 9.33. The molecular weight excluding hydrogens is 250 g/mol. The Hall–Kier alpha value is -1.94. The molecule has 2 nitrogen and oxygen atoms in total. The second-order valence-electron chi connectivity index (χ2n) is 4.28. The standard InChI is InChI=1S/C15H14F2O2/c1-10(18)12-5-6-15(14(17)8-12)19-9-11-3-2-4-13(16)7-11/h2-8,10,18H,9H2,1H3/t10-/m1/s1. The van der Waals surface area contributed by atoms with Crippen LogP contribution >= 0.6 is 0 Å². The molecule has 0 spiro atoms. The molecule has 2 rings (SSSR count). The predicted molar refractivity (Wildman–Crippen MR) is 67.8 cm³/mol. The Balaban J connectivity index is 2.07. The molecule has 0 saturated heterocycles. The maximum atomic E-state index is 13.7. The number of aliphatic hydroxyl groups is 1. The topological polar surface area (TPSA) is 29.5 Å². The third kappa shape index (κ3) is 3.51. The van der Waals surface area contributed by atoms with Crippen LogP contribution < -0.4 is 4.74 Å². The summed E-state index contributed by atoms with van der Waals surface area (Å²) >= 11 is 0. The molecule has 0 aromatic heterocycles. The summed E-state index contributed by atoms with van der Waals surface area (Å²) in [5.74, 6) is -0.825. The molecule has 0 heterocycles. The van der Waals surface area contributed by atoms with Crippen molar-refractivity contribution in [3.63, 3.8) is 0 Å². The van der Waals surface area contributed by atoms with Crippen molar-refractivity contribution in [2.24, 2.45) is 0 Å². The molecule has 0 aliphatic carbocycles. The third-order valence-corrected chi connectivity index (χ3v) is 2.72. The van der Waals surface area contributed by atoms with Crippen molar-refractivity contribution in [2.75, 3.05) is 0 Å². The van der Waals surface area contributed by atoms with Gasteiger partial charge < -0.3 is 9.84 Å². The fourth-order valence-electron chi connectivity index (χ4n) is 1.68. The first-order valence-corrected chi connectivity index (χ1v) is 5.91. The molecule has 0 aliphatic rings. The number of hydrogen-bond acceptors (Lipinski definition) is 2. The van der Waals surface area contributed by atoms with Crippen molar-refractivity contribution in [1.29, 1.82) is 0 Å². The first kappa shape index (κ1) is 13.5. The van der Waals surface area contributed by atoms with Gasteiger partial charge in [-0.25, -0.2) is 8.78 Å². The van der Waals surface area contributed by atoms with Crippen LogP contribution in [0, 0.1) is 11.6 Å². The minimum Gasteiger partial charge on any atom is -0.486 e. The van der Waals surface area contributed by atoms with Crippen LogP contribution in [-0.2, 0) is 6.61 Å². The lowest BCUT2D eigenvalue weighted by atomic mass is 10.1. The summed E-state index contributed by atoms with van der Waals surface area (Å²) in [6, 6.07) is 10.2. The second-order valence-corrected chi connectivity index (χ2v) is 4.28. The summed E-state index contributed by atoms with van der Waals surface area (Å²) < 4.78 is 31.9. The molecule has 0 fully saturated rings. The number of rotatable bonds is 4. The van der Waals surface area contributed by atoms with Crippen LogP contribution in [0.15, 0.2) is 42.5 Å². The van der Waals surface area contributed by atoms with E-state index in [0.29, 0.717) is 11.1 Å². The molecule has 4 heteroatoms. The lowest BCUT2D eigenvalue weighted by molar-refractivity contribution is 0.198. The van der Waals surface area contributed by atoms with Gasteiger partial charge in [-0.05, 0) is 42.3 Å².